The molecule has 2 aromatic heterocycles. The van der Waals surface area contributed by atoms with Crippen molar-refractivity contribution in [2.75, 3.05) is 12.9 Å². The van der Waals surface area contributed by atoms with Gasteiger partial charge in [-0.15, -0.1) is 11.3 Å². The third kappa shape index (κ3) is 3.90. The van der Waals surface area contributed by atoms with Gasteiger partial charge in [0.05, 0.1) is 30.4 Å². The Hall–Kier alpha value is -1.83. The van der Waals surface area contributed by atoms with Crippen LogP contribution in [0.4, 0.5) is 0 Å². The zero-order valence-electron chi connectivity index (χ0n) is 18.0. The molecule has 0 spiro atoms. The number of aromatic nitrogens is 2. The number of rotatable bonds is 7. The average Bonchev–Trinajstić information content (AvgIpc) is 3.11. The first-order valence-corrected chi connectivity index (χ1v) is 12.3. The molecule has 160 valence electrons. The van der Waals surface area contributed by atoms with Crippen LogP contribution in [0.3, 0.4) is 0 Å². The smallest absolute Gasteiger partial charge is 0.267 e. The topological polar surface area (TPSA) is 53.4 Å². The largest absolute Gasteiger partial charge is 0.497 e. The minimum atomic E-state index is -0.229. The first-order valence-electron chi connectivity index (χ1n) is 10.5. The molecule has 0 saturated heterocycles. The van der Waals surface area contributed by atoms with E-state index in [4.69, 9.17) is 14.5 Å². The molecule has 7 heteroatoms. The molecule has 0 bridgehead atoms. The van der Waals surface area contributed by atoms with Crippen molar-refractivity contribution in [2.24, 2.45) is 0 Å². The van der Waals surface area contributed by atoms with E-state index in [0.29, 0.717) is 6.61 Å². The van der Waals surface area contributed by atoms with Crippen LogP contribution in [-0.4, -0.2) is 28.0 Å². The van der Waals surface area contributed by atoms with E-state index in [-0.39, 0.29) is 11.2 Å². The van der Waals surface area contributed by atoms with Crippen LogP contribution in [0.1, 0.15) is 50.5 Å². The predicted molar refractivity (Wildman–Crippen MR) is 125 cm³/mol. The highest BCUT2D eigenvalue weighted by Crippen LogP contribution is 2.39. The van der Waals surface area contributed by atoms with Crippen molar-refractivity contribution < 1.29 is 9.47 Å². The van der Waals surface area contributed by atoms with Crippen molar-refractivity contribution in [3.63, 3.8) is 0 Å². The van der Waals surface area contributed by atoms with Gasteiger partial charge in [-0.3, -0.25) is 9.36 Å². The van der Waals surface area contributed by atoms with E-state index in [2.05, 4.69) is 20.8 Å². The summed E-state index contributed by atoms with van der Waals surface area (Å²) in [5.74, 6) is 1.71. The first-order chi connectivity index (χ1) is 14.5. The number of thioether (sulfide) groups is 1. The fraction of sp³-hybridized carbons (Fsp3) is 0.478. The minimum Gasteiger partial charge on any atom is -0.497 e. The SMILES string of the molecule is CCCCSc1nc2sc3c(c2c(=O)n1-c1ccc(OC)cc1)CC(C)(CC)OC3. The molecule has 30 heavy (non-hydrogen) atoms. The molecule has 0 N–H and O–H groups in total. The van der Waals surface area contributed by atoms with Gasteiger partial charge in [-0.05, 0) is 49.6 Å². The second kappa shape index (κ2) is 8.73. The Morgan fingerprint density at radius 3 is 2.73 bits per heavy atom. The van der Waals surface area contributed by atoms with Crippen molar-refractivity contribution in [1.29, 1.82) is 0 Å². The summed E-state index contributed by atoms with van der Waals surface area (Å²) in [6, 6.07) is 7.63. The van der Waals surface area contributed by atoms with Crippen LogP contribution in [0, 0.1) is 0 Å². The molecule has 0 amide bonds. The second-order valence-corrected chi connectivity index (χ2v) is 10.0. The lowest BCUT2D eigenvalue weighted by Crippen LogP contribution is -2.34. The second-order valence-electron chi connectivity index (χ2n) is 7.89. The van der Waals surface area contributed by atoms with Gasteiger partial charge >= 0.3 is 0 Å². The monoisotopic (exact) mass is 444 g/mol. The van der Waals surface area contributed by atoms with Gasteiger partial charge in [-0.1, -0.05) is 32.0 Å². The van der Waals surface area contributed by atoms with Crippen molar-refractivity contribution in [2.45, 2.75) is 63.8 Å². The number of fused-ring (bicyclic) bond motifs is 3. The minimum absolute atomic E-state index is 0.0158. The van der Waals surface area contributed by atoms with Crippen LogP contribution in [-0.2, 0) is 17.8 Å². The lowest BCUT2D eigenvalue weighted by molar-refractivity contribution is -0.0543. The molecular formula is C23H28N2O3S2. The van der Waals surface area contributed by atoms with Gasteiger partial charge in [0.25, 0.3) is 5.56 Å². The summed E-state index contributed by atoms with van der Waals surface area (Å²) in [4.78, 5) is 20.7. The fourth-order valence-electron chi connectivity index (χ4n) is 3.69. The molecule has 3 aromatic rings. The summed E-state index contributed by atoms with van der Waals surface area (Å²) < 4.78 is 13.2. The molecule has 0 radical (unpaired) electrons. The lowest BCUT2D eigenvalue weighted by Gasteiger charge is -2.32. The predicted octanol–water partition coefficient (Wildman–Crippen LogP) is 5.59. The third-order valence-electron chi connectivity index (χ3n) is 5.79. The van der Waals surface area contributed by atoms with Crippen LogP contribution in [0.25, 0.3) is 15.9 Å². The van der Waals surface area contributed by atoms with Crippen molar-refractivity contribution in [3.8, 4) is 11.4 Å². The van der Waals surface area contributed by atoms with Gasteiger partial charge in [0.2, 0.25) is 0 Å². The van der Waals surface area contributed by atoms with E-state index >= 15 is 0 Å². The Bertz CT molecular complexity index is 1100. The molecule has 0 aliphatic carbocycles. The van der Waals surface area contributed by atoms with Gasteiger partial charge in [0.1, 0.15) is 10.6 Å². The zero-order valence-corrected chi connectivity index (χ0v) is 19.6. The summed E-state index contributed by atoms with van der Waals surface area (Å²) in [5, 5.41) is 1.51. The normalized spacial score (nSPS) is 18.5. The summed E-state index contributed by atoms with van der Waals surface area (Å²) >= 11 is 3.26. The lowest BCUT2D eigenvalue weighted by atomic mass is 9.90. The Morgan fingerprint density at radius 2 is 2.07 bits per heavy atom. The van der Waals surface area contributed by atoms with Crippen LogP contribution in [0.2, 0.25) is 0 Å². The average molecular weight is 445 g/mol. The van der Waals surface area contributed by atoms with Crippen LogP contribution in [0.5, 0.6) is 5.75 Å². The van der Waals surface area contributed by atoms with Crippen LogP contribution in [0.15, 0.2) is 34.2 Å². The number of thiophene rings is 1. The molecule has 4 rings (SSSR count). The molecule has 5 nitrogen and oxygen atoms in total. The maximum absolute atomic E-state index is 13.8. The quantitative estimate of drug-likeness (QED) is 0.270. The van der Waals surface area contributed by atoms with E-state index in [1.54, 1.807) is 34.8 Å². The Labute approximate surface area is 185 Å². The molecular weight excluding hydrogens is 416 g/mol. The highest BCUT2D eigenvalue weighted by Gasteiger charge is 2.33. The maximum atomic E-state index is 13.8. The van der Waals surface area contributed by atoms with E-state index in [0.717, 1.165) is 68.7 Å². The maximum Gasteiger partial charge on any atom is 0.267 e. The van der Waals surface area contributed by atoms with Gasteiger partial charge in [-0.25, -0.2) is 4.98 Å². The van der Waals surface area contributed by atoms with Gasteiger partial charge in [0.15, 0.2) is 5.16 Å². The summed E-state index contributed by atoms with van der Waals surface area (Å²) in [7, 11) is 1.64. The number of hydrogen-bond acceptors (Lipinski definition) is 6. The molecule has 1 atom stereocenters. The van der Waals surface area contributed by atoms with Crippen molar-refractivity contribution in [3.05, 3.63) is 45.1 Å². The van der Waals surface area contributed by atoms with Crippen LogP contribution >= 0.6 is 23.1 Å². The molecule has 1 aliphatic heterocycles. The van der Waals surface area contributed by atoms with Crippen molar-refractivity contribution in [1.82, 2.24) is 9.55 Å². The number of benzene rings is 1. The van der Waals surface area contributed by atoms with E-state index in [1.165, 1.54) is 0 Å². The van der Waals surface area contributed by atoms with E-state index in [9.17, 15) is 4.79 Å². The number of nitrogens with zero attached hydrogens (tertiary/aromatic N) is 2. The summed E-state index contributed by atoms with van der Waals surface area (Å²) in [5.41, 5.74) is 1.73. The molecule has 1 unspecified atom stereocenters. The Balaban J connectivity index is 1.90. The van der Waals surface area contributed by atoms with Gasteiger partial charge in [-0.2, -0.15) is 0 Å². The first kappa shape index (κ1) is 21.4. The number of methoxy groups -OCH3 is 1. The van der Waals surface area contributed by atoms with Gasteiger partial charge in [0, 0.05) is 17.1 Å². The Morgan fingerprint density at radius 1 is 1.30 bits per heavy atom. The molecule has 0 saturated carbocycles. The number of ether oxygens (including phenoxy) is 2. The molecule has 1 aliphatic rings. The summed E-state index contributed by atoms with van der Waals surface area (Å²) in [6.45, 7) is 6.99. The highest BCUT2D eigenvalue weighted by molar-refractivity contribution is 7.99. The molecule has 3 heterocycles. The van der Waals surface area contributed by atoms with E-state index in [1.807, 2.05) is 24.3 Å². The standard InChI is InChI=1S/C23H28N2O3S2/c1-5-7-12-29-22-24-20-19(17-13-23(3,6-2)28-14-18(17)30-20)21(26)25(22)15-8-10-16(27-4)11-9-15/h8-11H,5-7,12-14H2,1-4H3. The van der Waals surface area contributed by atoms with Crippen molar-refractivity contribution >= 4 is 33.3 Å². The Kier molecular flexibility index (Phi) is 6.23. The molecule has 0 fully saturated rings. The highest BCUT2D eigenvalue weighted by atomic mass is 32.2. The zero-order chi connectivity index (χ0) is 21.3. The van der Waals surface area contributed by atoms with E-state index < -0.39 is 0 Å². The number of hydrogen-bond donors (Lipinski definition) is 0. The number of unbranched alkanes of at least 4 members (excludes halogenated alkanes) is 1. The summed E-state index contributed by atoms with van der Waals surface area (Å²) in [6.07, 6.45) is 3.86. The van der Waals surface area contributed by atoms with Gasteiger partial charge < -0.3 is 9.47 Å². The molecule has 1 aromatic carbocycles. The third-order valence-corrected chi connectivity index (χ3v) is 7.91. The fourth-order valence-corrected chi connectivity index (χ4v) is 5.93. The van der Waals surface area contributed by atoms with Crippen LogP contribution < -0.4 is 10.3 Å².